The molecule has 1 aliphatic heterocycles. The van der Waals surface area contributed by atoms with Crippen molar-refractivity contribution in [1.29, 1.82) is 0 Å². The summed E-state index contributed by atoms with van der Waals surface area (Å²) in [4.78, 5) is 23.1. The molecule has 1 aromatic rings. The van der Waals surface area contributed by atoms with Crippen molar-refractivity contribution in [1.82, 2.24) is 5.32 Å². The van der Waals surface area contributed by atoms with Crippen LogP contribution in [0.4, 0.5) is 5.69 Å². The van der Waals surface area contributed by atoms with E-state index in [2.05, 4.69) is 10.6 Å². The number of halogens is 1. The third-order valence-corrected chi connectivity index (χ3v) is 3.08. The first-order valence-electron chi connectivity index (χ1n) is 6.10. The number of rotatable bonds is 4. The van der Waals surface area contributed by atoms with E-state index in [0.29, 0.717) is 29.6 Å². The van der Waals surface area contributed by atoms with Crippen LogP contribution in [0.3, 0.4) is 0 Å². The Bertz CT molecular complexity index is 505. The molecule has 1 aromatic carbocycles. The van der Waals surface area contributed by atoms with Crippen molar-refractivity contribution in [3.8, 4) is 5.75 Å². The molecule has 5 nitrogen and oxygen atoms in total. The molecule has 0 bridgehead atoms. The quantitative estimate of drug-likeness (QED) is 0.885. The van der Waals surface area contributed by atoms with Gasteiger partial charge in [-0.05, 0) is 25.1 Å². The fraction of sp³-hybridized carbons (Fsp3) is 0.385. The fourth-order valence-corrected chi connectivity index (χ4v) is 2.08. The van der Waals surface area contributed by atoms with E-state index in [9.17, 15) is 9.59 Å². The van der Waals surface area contributed by atoms with Crippen LogP contribution in [0.25, 0.3) is 0 Å². The number of hydrogen-bond acceptors (Lipinski definition) is 3. The van der Waals surface area contributed by atoms with Crippen LogP contribution in [0.15, 0.2) is 18.2 Å². The van der Waals surface area contributed by atoms with Gasteiger partial charge in [0, 0.05) is 18.0 Å². The molecule has 1 aliphatic rings. The third-order valence-electron chi connectivity index (χ3n) is 2.85. The van der Waals surface area contributed by atoms with E-state index in [1.54, 1.807) is 18.2 Å². The summed E-state index contributed by atoms with van der Waals surface area (Å²) >= 11 is 5.91. The summed E-state index contributed by atoms with van der Waals surface area (Å²) in [5, 5.41) is 5.90. The molecule has 0 spiro atoms. The highest BCUT2D eigenvalue weighted by molar-refractivity contribution is 6.31. The van der Waals surface area contributed by atoms with Crippen LogP contribution in [-0.2, 0) is 9.59 Å². The summed E-state index contributed by atoms with van der Waals surface area (Å²) in [6.07, 6.45) is 0.219. The van der Waals surface area contributed by atoms with E-state index < -0.39 is 0 Å². The minimum absolute atomic E-state index is 0.101. The predicted octanol–water partition coefficient (Wildman–Crippen LogP) is 1.81. The van der Waals surface area contributed by atoms with Crippen molar-refractivity contribution in [3.05, 3.63) is 23.2 Å². The van der Waals surface area contributed by atoms with Gasteiger partial charge < -0.3 is 15.4 Å². The highest BCUT2D eigenvalue weighted by atomic mass is 35.5. The van der Waals surface area contributed by atoms with Crippen LogP contribution in [0.1, 0.15) is 13.3 Å². The lowest BCUT2D eigenvalue weighted by molar-refractivity contribution is -0.123. The molecule has 0 saturated carbocycles. The number of hydrogen-bond donors (Lipinski definition) is 2. The van der Waals surface area contributed by atoms with Crippen LogP contribution >= 0.6 is 11.6 Å². The van der Waals surface area contributed by atoms with Gasteiger partial charge in [0.25, 0.3) is 0 Å². The van der Waals surface area contributed by atoms with E-state index in [1.807, 2.05) is 6.92 Å². The Morgan fingerprint density at radius 1 is 1.58 bits per heavy atom. The van der Waals surface area contributed by atoms with E-state index >= 15 is 0 Å². The van der Waals surface area contributed by atoms with E-state index in [4.69, 9.17) is 16.3 Å². The molecule has 0 aliphatic carbocycles. The maximum absolute atomic E-state index is 12.0. The Morgan fingerprint density at radius 2 is 2.37 bits per heavy atom. The average Bonchev–Trinajstić information content (AvgIpc) is 2.80. The van der Waals surface area contributed by atoms with Gasteiger partial charge in [0.15, 0.2) is 0 Å². The molecule has 2 amide bonds. The standard InChI is InChI=1S/C13H15ClN2O3/c1-2-19-11-4-3-9(14)6-10(11)16-13(18)8-5-12(17)15-7-8/h3-4,6,8H,2,5,7H2,1H3,(H,15,17)(H,16,18). The maximum Gasteiger partial charge on any atom is 0.229 e. The van der Waals surface area contributed by atoms with Crippen molar-refractivity contribution in [3.63, 3.8) is 0 Å². The number of ether oxygens (including phenoxy) is 1. The first-order valence-corrected chi connectivity index (χ1v) is 6.48. The monoisotopic (exact) mass is 282 g/mol. The summed E-state index contributed by atoms with van der Waals surface area (Å²) in [5.41, 5.74) is 0.527. The fourth-order valence-electron chi connectivity index (χ4n) is 1.91. The molecule has 2 rings (SSSR count). The zero-order valence-corrected chi connectivity index (χ0v) is 11.3. The molecule has 1 unspecified atom stereocenters. The largest absolute Gasteiger partial charge is 0.492 e. The lowest BCUT2D eigenvalue weighted by Crippen LogP contribution is -2.25. The molecule has 102 valence electrons. The van der Waals surface area contributed by atoms with Crippen molar-refractivity contribution in [2.75, 3.05) is 18.5 Å². The summed E-state index contributed by atoms with van der Waals surface area (Å²) in [5.74, 6) is -0.0867. The van der Waals surface area contributed by atoms with Crippen molar-refractivity contribution < 1.29 is 14.3 Å². The smallest absolute Gasteiger partial charge is 0.229 e. The van der Waals surface area contributed by atoms with Crippen molar-refractivity contribution in [2.24, 2.45) is 5.92 Å². The third kappa shape index (κ3) is 3.38. The summed E-state index contributed by atoms with van der Waals surface area (Å²) in [7, 11) is 0. The van der Waals surface area contributed by atoms with Crippen LogP contribution in [0.2, 0.25) is 5.02 Å². The molecule has 19 heavy (non-hydrogen) atoms. The minimum atomic E-state index is -0.346. The summed E-state index contributed by atoms with van der Waals surface area (Å²) in [6, 6.07) is 5.04. The first-order chi connectivity index (χ1) is 9.10. The maximum atomic E-state index is 12.0. The lowest BCUT2D eigenvalue weighted by Gasteiger charge is -2.13. The van der Waals surface area contributed by atoms with Gasteiger partial charge in [-0.1, -0.05) is 11.6 Å². The van der Waals surface area contributed by atoms with Crippen LogP contribution in [0, 0.1) is 5.92 Å². The topological polar surface area (TPSA) is 67.4 Å². The molecule has 1 atom stereocenters. The van der Waals surface area contributed by atoms with Crippen molar-refractivity contribution >= 4 is 29.1 Å². The molecule has 1 fully saturated rings. The lowest BCUT2D eigenvalue weighted by atomic mass is 10.1. The highest BCUT2D eigenvalue weighted by Gasteiger charge is 2.28. The number of benzene rings is 1. The Labute approximate surface area is 116 Å². The van der Waals surface area contributed by atoms with Gasteiger partial charge in [0.2, 0.25) is 11.8 Å². The number of amides is 2. The second kappa shape index (κ2) is 5.93. The number of carbonyl (C=O) groups is 2. The van der Waals surface area contributed by atoms with Gasteiger partial charge >= 0.3 is 0 Å². The zero-order valence-electron chi connectivity index (χ0n) is 10.5. The van der Waals surface area contributed by atoms with E-state index in [1.165, 1.54) is 0 Å². The first kappa shape index (κ1) is 13.7. The van der Waals surface area contributed by atoms with Gasteiger partial charge in [0.05, 0.1) is 18.2 Å². The Morgan fingerprint density at radius 3 is 3.00 bits per heavy atom. The molecular formula is C13H15ClN2O3. The molecule has 0 aromatic heterocycles. The van der Waals surface area contributed by atoms with Gasteiger partial charge in [-0.15, -0.1) is 0 Å². The molecule has 1 saturated heterocycles. The zero-order chi connectivity index (χ0) is 13.8. The van der Waals surface area contributed by atoms with Crippen LogP contribution in [0.5, 0.6) is 5.75 Å². The molecule has 2 N–H and O–H groups in total. The molecular weight excluding hydrogens is 268 g/mol. The highest BCUT2D eigenvalue weighted by Crippen LogP contribution is 2.28. The Kier molecular flexibility index (Phi) is 4.27. The van der Waals surface area contributed by atoms with Gasteiger partial charge in [-0.3, -0.25) is 9.59 Å². The SMILES string of the molecule is CCOc1ccc(Cl)cc1NC(=O)C1CNC(=O)C1. The minimum Gasteiger partial charge on any atom is -0.492 e. The van der Waals surface area contributed by atoms with Crippen molar-refractivity contribution in [2.45, 2.75) is 13.3 Å². The summed E-state index contributed by atoms with van der Waals surface area (Å²) < 4.78 is 5.42. The number of anilines is 1. The Hall–Kier alpha value is -1.75. The number of carbonyl (C=O) groups excluding carboxylic acids is 2. The van der Waals surface area contributed by atoms with Crippen LogP contribution < -0.4 is 15.4 Å². The number of nitrogens with one attached hydrogen (secondary N) is 2. The second-order valence-corrected chi connectivity index (χ2v) is 4.70. The van der Waals surface area contributed by atoms with Gasteiger partial charge in [-0.25, -0.2) is 0 Å². The molecule has 1 heterocycles. The Balaban J connectivity index is 2.11. The average molecular weight is 283 g/mol. The van der Waals surface area contributed by atoms with E-state index in [0.717, 1.165) is 0 Å². The van der Waals surface area contributed by atoms with Gasteiger partial charge in [0.1, 0.15) is 5.75 Å². The second-order valence-electron chi connectivity index (χ2n) is 4.27. The molecule has 0 radical (unpaired) electrons. The predicted molar refractivity (Wildman–Crippen MR) is 72.4 cm³/mol. The van der Waals surface area contributed by atoms with Crippen LogP contribution in [-0.4, -0.2) is 25.0 Å². The molecule has 6 heteroatoms. The van der Waals surface area contributed by atoms with Gasteiger partial charge in [-0.2, -0.15) is 0 Å². The normalized spacial score (nSPS) is 18.0. The summed E-state index contributed by atoms with van der Waals surface area (Å²) in [6.45, 7) is 2.73. The van der Waals surface area contributed by atoms with E-state index in [-0.39, 0.29) is 24.2 Å².